The molecule has 0 aliphatic carbocycles. The molecule has 1 atom stereocenters. The molecule has 102 valence electrons. The van der Waals surface area contributed by atoms with Crippen molar-refractivity contribution in [3.05, 3.63) is 27.7 Å². The van der Waals surface area contributed by atoms with E-state index in [2.05, 4.69) is 15.9 Å². The molecule has 18 heavy (non-hydrogen) atoms. The number of ether oxygens (including phenoxy) is 3. The lowest BCUT2D eigenvalue weighted by Gasteiger charge is -2.15. The van der Waals surface area contributed by atoms with Gasteiger partial charge in [0.2, 0.25) is 0 Å². The molecule has 0 radical (unpaired) electrons. The Morgan fingerprint density at radius 1 is 1.33 bits per heavy atom. The average Bonchev–Trinajstić information content (AvgIpc) is 2.33. The van der Waals surface area contributed by atoms with Crippen molar-refractivity contribution in [3.63, 3.8) is 0 Å². The van der Waals surface area contributed by atoms with E-state index in [1.165, 1.54) is 0 Å². The summed E-state index contributed by atoms with van der Waals surface area (Å²) in [6.45, 7) is 7.93. The Balaban J connectivity index is 2.58. The van der Waals surface area contributed by atoms with Gasteiger partial charge >= 0.3 is 0 Å². The van der Waals surface area contributed by atoms with Gasteiger partial charge in [-0.3, -0.25) is 0 Å². The summed E-state index contributed by atoms with van der Waals surface area (Å²) in [5, 5.41) is 0. The molecule has 1 aromatic rings. The van der Waals surface area contributed by atoms with Crippen LogP contribution in [0.4, 0.5) is 0 Å². The number of hydrogen-bond donors (Lipinski definition) is 0. The van der Waals surface area contributed by atoms with E-state index >= 15 is 0 Å². The van der Waals surface area contributed by atoms with Crippen LogP contribution < -0.4 is 4.74 Å². The molecule has 0 bridgehead atoms. The van der Waals surface area contributed by atoms with Gasteiger partial charge in [0.15, 0.2) is 0 Å². The second-order valence-electron chi connectivity index (χ2n) is 4.15. The maximum absolute atomic E-state index is 5.66. The number of methoxy groups -OCH3 is 1. The fourth-order valence-corrected chi connectivity index (χ4v) is 2.37. The van der Waals surface area contributed by atoms with Crippen LogP contribution in [0.5, 0.6) is 5.75 Å². The highest BCUT2D eigenvalue weighted by Crippen LogP contribution is 2.31. The maximum Gasteiger partial charge on any atom is 0.136 e. The summed E-state index contributed by atoms with van der Waals surface area (Å²) in [6, 6.07) is 4.03. The molecule has 0 unspecified atom stereocenters. The minimum absolute atomic E-state index is 0.132. The van der Waals surface area contributed by atoms with Crippen molar-refractivity contribution in [1.82, 2.24) is 0 Å². The van der Waals surface area contributed by atoms with Gasteiger partial charge in [0.25, 0.3) is 0 Å². The molecule has 0 aliphatic heterocycles. The van der Waals surface area contributed by atoms with Crippen LogP contribution in [0.2, 0.25) is 0 Å². The number of benzene rings is 1. The van der Waals surface area contributed by atoms with Crippen LogP contribution in [0.1, 0.15) is 25.0 Å². The Morgan fingerprint density at radius 3 is 2.67 bits per heavy atom. The average molecular weight is 317 g/mol. The summed E-state index contributed by atoms with van der Waals surface area (Å²) < 4.78 is 17.4. The molecule has 0 N–H and O–H groups in total. The van der Waals surface area contributed by atoms with Crippen LogP contribution in [-0.4, -0.2) is 26.4 Å². The largest absolute Gasteiger partial charge is 0.495 e. The predicted molar refractivity (Wildman–Crippen MR) is 76.2 cm³/mol. The molecule has 0 amide bonds. The lowest BCUT2D eigenvalue weighted by molar-refractivity contribution is -0.00727. The lowest BCUT2D eigenvalue weighted by Crippen LogP contribution is -2.15. The van der Waals surface area contributed by atoms with E-state index in [4.69, 9.17) is 14.2 Å². The Hall–Kier alpha value is -0.580. The minimum atomic E-state index is 0.132. The molecule has 0 fully saturated rings. The topological polar surface area (TPSA) is 27.7 Å². The third-order valence-corrected chi connectivity index (χ3v) is 3.36. The smallest absolute Gasteiger partial charge is 0.136 e. The predicted octanol–water partition coefficient (Wildman–Crippen LogP) is 3.71. The third-order valence-electron chi connectivity index (χ3n) is 2.74. The molecular weight excluding hydrogens is 296 g/mol. The van der Waals surface area contributed by atoms with Gasteiger partial charge in [-0.2, -0.15) is 0 Å². The summed E-state index contributed by atoms with van der Waals surface area (Å²) in [6.07, 6.45) is 0.132. The second-order valence-corrected chi connectivity index (χ2v) is 5.00. The Kier molecular flexibility index (Phi) is 6.68. The van der Waals surface area contributed by atoms with Crippen molar-refractivity contribution in [1.29, 1.82) is 0 Å². The zero-order valence-corrected chi connectivity index (χ0v) is 13.0. The van der Waals surface area contributed by atoms with Gasteiger partial charge < -0.3 is 14.2 Å². The van der Waals surface area contributed by atoms with Crippen LogP contribution in [0.15, 0.2) is 16.6 Å². The maximum atomic E-state index is 5.66. The first-order chi connectivity index (χ1) is 8.60. The SMILES string of the molecule is CCO[C@H](C)COCc1ccc(Br)c(OC)c1C. The first kappa shape index (κ1) is 15.5. The normalized spacial score (nSPS) is 12.5. The van der Waals surface area contributed by atoms with Crippen LogP contribution >= 0.6 is 15.9 Å². The van der Waals surface area contributed by atoms with Crippen molar-refractivity contribution >= 4 is 15.9 Å². The number of halogens is 1. The minimum Gasteiger partial charge on any atom is -0.495 e. The zero-order chi connectivity index (χ0) is 13.5. The highest BCUT2D eigenvalue weighted by atomic mass is 79.9. The molecule has 0 heterocycles. The van der Waals surface area contributed by atoms with Crippen molar-refractivity contribution in [2.24, 2.45) is 0 Å². The van der Waals surface area contributed by atoms with Gasteiger partial charge in [-0.15, -0.1) is 0 Å². The Labute approximate surface area is 118 Å². The van der Waals surface area contributed by atoms with Gasteiger partial charge in [0.05, 0.1) is 30.9 Å². The monoisotopic (exact) mass is 316 g/mol. The van der Waals surface area contributed by atoms with Crippen molar-refractivity contribution in [2.45, 2.75) is 33.5 Å². The first-order valence-corrected chi connectivity index (χ1v) is 6.90. The van der Waals surface area contributed by atoms with Crippen molar-refractivity contribution < 1.29 is 14.2 Å². The number of hydrogen-bond acceptors (Lipinski definition) is 3. The fourth-order valence-electron chi connectivity index (χ4n) is 1.77. The first-order valence-electron chi connectivity index (χ1n) is 6.11. The van der Waals surface area contributed by atoms with E-state index < -0.39 is 0 Å². The van der Waals surface area contributed by atoms with Gasteiger partial charge in [0.1, 0.15) is 5.75 Å². The molecule has 0 aromatic heterocycles. The van der Waals surface area contributed by atoms with E-state index in [1.807, 2.05) is 32.9 Å². The quantitative estimate of drug-likeness (QED) is 0.767. The molecule has 4 heteroatoms. The molecule has 0 aliphatic rings. The standard InChI is InChI=1S/C14H21BrO3/c1-5-18-10(2)8-17-9-12-6-7-13(15)14(16-4)11(12)3/h6-7,10H,5,8-9H2,1-4H3/t10-/m1/s1. The Morgan fingerprint density at radius 2 is 2.06 bits per heavy atom. The highest BCUT2D eigenvalue weighted by Gasteiger charge is 2.09. The summed E-state index contributed by atoms with van der Waals surface area (Å²) >= 11 is 3.47. The molecule has 0 spiro atoms. The van der Waals surface area contributed by atoms with Crippen LogP contribution in [0, 0.1) is 6.92 Å². The second kappa shape index (κ2) is 7.77. The van der Waals surface area contributed by atoms with E-state index in [-0.39, 0.29) is 6.10 Å². The summed E-state index contributed by atoms with van der Waals surface area (Å²) in [7, 11) is 1.68. The van der Waals surface area contributed by atoms with Gasteiger partial charge in [0, 0.05) is 6.61 Å². The third kappa shape index (κ3) is 4.26. The lowest BCUT2D eigenvalue weighted by atomic mass is 10.1. The molecule has 0 saturated heterocycles. The summed E-state index contributed by atoms with van der Waals surface area (Å²) in [5.74, 6) is 0.869. The van der Waals surface area contributed by atoms with E-state index in [1.54, 1.807) is 7.11 Å². The molecule has 1 rings (SSSR count). The van der Waals surface area contributed by atoms with Crippen LogP contribution in [0.25, 0.3) is 0 Å². The van der Waals surface area contributed by atoms with Crippen LogP contribution in [-0.2, 0) is 16.1 Å². The summed E-state index contributed by atoms with van der Waals surface area (Å²) in [4.78, 5) is 0. The van der Waals surface area contributed by atoms with Crippen molar-refractivity contribution in [2.75, 3.05) is 20.3 Å². The molecule has 0 saturated carbocycles. The van der Waals surface area contributed by atoms with E-state index in [0.717, 1.165) is 28.0 Å². The Bertz CT molecular complexity index is 380. The summed E-state index contributed by atoms with van der Waals surface area (Å²) in [5.41, 5.74) is 2.25. The number of rotatable bonds is 7. The van der Waals surface area contributed by atoms with Crippen molar-refractivity contribution in [3.8, 4) is 5.75 Å². The zero-order valence-electron chi connectivity index (χ0n) is 11.5. The van der Waals surface area contributed by atoms with Gasteiger partial charge in [-0.25, -0.2) is 0 Å². The van der Waals surface area contributed by atoms with E-state index in [9.17, 15) is 0 Å². The highest BCUT2D eigenvalue weighted by molar-refractivity contribution is 9.10. The molecule has 3 nitrogen and oxygen atoms in total. The molecular formula is C14H21BrO3. The van der Waals surface area contributed by atoms with Crippen LogP contribution in [0.3, 0.4) is 0 Å². The van der Waals surface area contributed by atoms with E-state index in [0.29, 0.717) is 13.2 Å². The van der Waals surface area contributed by atoms with Gasteiger partial charge in [-0.1, -0.05) is 6.07 Å². The fraction of sp³-hybridized carbons (Fsp3) is 0.571. The van der Waals surface area contributed by atoms with Gasteiger partial charge in [-0.05, 0) is 53.9 Å². The molecule has 1 aromatic carbocycles.